The molecule has 0 aliphatic heterocycles. The maximum Gasteiger partial charge on any atom is 0.0480 e. The van der Waals surface area contributed by atoms with Crippen LogP contribution in [0.4, 0.5) is 0 Å². The van der Waals surface area contributed by atoms with E-state index in [1.54, 1.807) is 0 Å². The molecule has 1 aromatic carbocycles. The van der Waals surface area contributed by atoms with Gasteiger partial charge in [-0.15, -0.1) is 0 Å². The Bertz CT molecular complexity index is 532. The second-order valence-electron chi connectivity index (χ2n) is 5.72. The largest absolute Gasteiger partial charge is 0.396 e. The number of nitrogens with zero attached hydrogens (tertiary/aromatic N) is 1. The number of aliphatic hydroxyl groups is 1. The topological polar surface area (TPSA) is 25.2 Å². The van der Waals surface area contributed by atoms with Crippen molar-refractivity contribution in [3.8, 4) is 0 Å². The molecule has 1 aromatic heterocycles. The highest BCUT2D eigenvalue weighted by molar-refractivity contribution is 5.85. The molecule has 1 N–H and O–H groups in total. The van der Waals surface area contributed by atoms with Gasteiger partial charge in [0.25, 0.3) is 0 Å². The molecule has 0 saturated carbocycles. The summed E-state index contributed by atoms with van der Waals surface area (Å²) in [6, 6.07) is 6.64. The van der Waals surface area contributed by atoms with Crippen molar-refractivity contribution >= 4 is 10.9 Å². The number of rotatable bonds is 2. The van der Waals surface area contributed by atoms with Crippen LogP contribution in [-0.4, -0.2) is 16.3 Å². The summed E-state index contributed by atoms with van der Waals surface area (Å²) in [5, 5.41) is 10.4. The predicted octanol–water partition coefficient (Wildman–Crippen LogP) is 3.01. The summed E-state index contributed by atoms with van der Waals surface area (Å²) >= 11 is 0. The minimum atomic E-state index is 0.167. The van der Waals surface area contributed by atoms with Crippen LogP contribution >= 0.6 is 0 Å². The Hall–Kier alpha value is -1.28. The maximum atomic E-state index is 9.11. The Morgan fingerprint density at radius 3 is 2.53 bits per heavy atom. The Labute approximate surface area is 103 Å². The van der Waals surface area contributed by atoms with Crippen LogP contribution in [-0.2, 0) is 18.9 Å². The fraction of sp³-hybridized carbons (Fsp3) is 0.467. The first-order chi connectivity index (χ1) is 7.93. The van der Waals surface area contributed by atoms with Crippen LogP contribution in [0.15, 0.2) is 24.4 Å². The monoisotopic (exact) mass is 231 g/mol. The first-order valence-corrected chi connectivity index (χ1v) is 6.13. The Balaban J connectivity index is 2.62. The van der Waals surface area contributed by atoms with E-state index in [2.05, 4.69) is 56.8 Å². The molecule has 0 radical (unpaired) electrons. The molecular weight excluding hydrogens is 210 g/mol. The number of hydrogen-bond donors (Lipinski definition) is 1. The van der Waals surface area contributed by atoms with Crippen molar-refractivity contribution in [3.63, 3.8) is 0 Å². The van der Waals surface area contributed by atoms with Crippen molar-refractivity contribution in [2.75, 3.05) is 6.61 Å². The van der Waals surface area contributed by atoms with Crippen molar-refractivity contribution < 1.29 is 5.11 Å². The van der Waals surface area contributed by atoms with Crippen molar-refractivity contribution in [2.24, 2.45) is 7.05 Å². The van der Waals surface area contributed by atoms with Crippen LogP contribution in [0, 0.1) is 0 Å². The lowest BCUT2D eigenvalue weighted by molar-refractivity contribution is 0.300. The molecular formula is C15H21NO. The second-order valence-corrected chi connectivity index (χ2v) is 5.72. The van der Waals surface area contributed by atoms with Crippen LogP contribution in [0.2, 0.25) is 0 Å². The van der Waals surface area contributed by atoms with Crippen LogP contribution < -0.4 is 0 Å². The van der Waals surface area contributed by atoms with E-state index in [9.17, 15) is 0 Å². The van der Waals surface area contributed by atoms with Crippen molar-refractivity contribution in [2.45, 2.75) is 32.6 Å². The van der Waals surface area contributed by atoms with Crippen molar-refractivity contribution in [3.05, 3.63) is 35.5 Å². The zero-order valence-corrected chi connectivity index (χ0v) is 11.1. The number of benzene rings is 1. The van der Waals surface area contributed by atoms with E-state index in [-0.39, 0.29) is 12.0 Å². The van der Waals surface area contributed by atoms with E-state index < -0.39 is 0 Å². The average Bonchev–Trinajstić information content (AvgIpc) is 2.55. The third-order valence-corrected chi connectivity index (χ3v) is 3.32. The van der Waals surface area contributed by atoms with Gasteiger partial charge in [0.15, 0.2) is 0 Å². The summed E-state index contributed by atoms with van der Waals surface area (Å²) in [6.45, 7) is 6.88. The fourth-order valence-electron chi connectivity index (χ4n) is 2.26. The van der Waals surface area contributed by atoms with Gasteiger partial charge in [0.05, 0.1) is 0 Å². The van der Waals surface area contributed by atoms with Gasteiger partial charge < -0.3 is 9.67 Å². The number of hydrogen-bond acceptors (Lipinski definition) is 1. The normalized spacial score (nSPS) is 12.3. The molecule has 92 valence electrons. The molecule has 0 unspecified atom stereocenters. The predicted molar refractivity (Wildman–Crippen MR) is 72.4 cm³/mol. The molecule has 0 bridgehead atoms. The minimum Gasteiger partial charge on any atom is -0.396 e. The van der Waals surface area contributed by atoms with Gasteiger partial charge in [0, 0.05) is 30.8 Å². The third-order valence-electron chi connectivity index (χ3n) is 3.32. The third kappa shape index (κ3) is 2.22. The lowest BCUT2D eigenvalue weighted by Gasteiger charge is -2.19. The van der Waals surface area contributed by atoms with Crippen LogP contribution in [0.5, 0.6) is 0 Å². The van der Waals surface area contributed by atoms with E-state index >= 15 is 0 Å². The molecule has 0 atom stereocenters. The fourth-order valence-corrected chi connectivity index (χ4v) is 2.26. The smallest absolute Gasteiger partial charge is 0.0480 e. The molecule has 17 heavy (non-hydrogen) atoms. The number of aliphatic hydroxyl groups excluding tert-OH is 1. The zero-order chi connectivity index (χ0) is 12.6. The first kappa shape index (κ1) is 12.2. The highest BCUT2D eigenvalue weighted by atomic mass is 16.2. The number of aromatic nitrogens is 1. The Morgan fingerprint density at radius 1 is 1.24 bits per heavy atom. The van der Waals surface area contributed by atoms with Gasteiger partial charge in [0.1, 0.15) is 0 Å². The molecule has 1 heterocycles. The summed E-state index contributed by atoms with van der Waals surface area (Å²) in [4.78, 5) is 0. The Morgan fingerprint density at radius 2 is 1.94 bits per heavy atom. The molecule has 2 rings (SSSR count). The molecule has 0 aliphatic carbocycles. The average molecular weight is 231 g/mol. The standard InChI is InChI=1S/C15H21NO/c1-15(2,3)12-5-6-14-13(9-12)11(7-8-17)10-16(14)4/h5-6,9-10,17H,7-8H2,1-4H3. The molecule has 0 spiro atoms. The lowest BCUT2D eigenvalue weighted by atomic mass is 9.86. The van der Waals surface area contributed by atoms with Gasteiger partial charge >= 0.3 is 0 Å². The molecule has 0 aliphatic rings. The summed E-state index contributed by atoms with van der Waals surface area (Å²) in [6.07, 6.45) is 2.85. The second kappa shape index (κ2) is 4.19. The van der Waals surface area contributed by atoms with Crippen molar-refractivity contribution in [1.82, 2.24) is 4.57 Å². The Kier molecular flexibility index (Phi) is 3.00. The van der Waals surface area contributed by atoms with Gasteiger partial charge in [0.2, 0.25) is 0 Å². The molecule has 2 aromatic rings. The van der Waals surface area contributed by atoms with E-state index in [0.29, 0.717) is 0 Å². The van der Waals surface area contributed by atoms with Crippen LogP contribution in [0.25, 0.3) is 10.9 Å². The molecule has 2 heteroatoms. The number of aryl methyl sites for hydroxylation is 1. The first-order valence-electron chi connectivity index (χ1n) is 6.13. The highest BCUT2D eigenvalue weighted by Gasteiger charge is 2.15. The van der Waals surface area contributed by atoms with Crippen LogP contribution in [0.1, 0.15) is 31.9 Å². The van der Waals surface area contributed by atoms with Gasteiger partial charge in [-0.1, -0.05) is 26.8 Å². The van der Waals surface area contributed by atoms with E-state index in [4.69, 9.17) is 5.11 Å². The van der Waals surface area contributed by atoms with Gasteiger partial charge in [-0.25, -0.2) is 0 Å². The highest BCUT2D eigenvalue weighted by Crippen LogP contribution is 2.28. The SMILES string of the molecule is Cn1cc(CCO)c2cc(C(C)(C)C)ccc21. The van der Waals surface area contributed by atoms with E-state index in [1.807, 2.05) is 0 Å². The number of fused-ring (bicyclic) bond motifs is 1. The zero-order valence-electron chi connectivity index (χ0n) is 11.1. The van der Waals surface area contributed by atoms with Gasteiger partial charge in [-0.2, -0.15) is 0 Å². The quantitative estimate of drug-likeness (QED) is 0.844. The van der Waals surface area contributed by atoms with Gasteiger partial charge in [-0.05, 0) is 35.1 Å². The summed E-state index contributed by atoms with van der Waals surface area (Å²) in [5.41, 5.74) is 3.98. The molecule has 0 amide bonds. The molecule has 0 fully saturated rings. The summed E-state index contributed by atoms with van der Waals surface area (Å²) < 4.78 is 2.13. The van der Waals surface area contributed by atoms with Crippen molar-refractivity contribution in [1.29, 1.82) is 0 Å². The van der Waals surface area contributed by atoms with Gasteiger partial charge in [-0.3, -0.25) is 0 Å². The van der Waals surface area contributed by atoms with E-state index in [0.717, 1.165) is 6.42 Å². The molecule has 2 nitrogen and oxygen atoms in total. The minimum absolute atomic E-state index is 0.167. The van der Waals surface area contributed by atoms with Crippen LogP contribution in [0.3, 0.4) is 0 Å². The molecule has 0 saturated heterocycles. The van der Waals surface area contributed by atoms with E-state index in [1.165, 1.54) is 22.0 Å². The summed E-state index contributed by atoms with van der Waals surface area (Å²) in [5.74, 6) is 0. The maximum absolute atomic E-state index is 9.11. The lowest BCUT2D eigenvalue weighted by Crippen LogP contribution is -2.10. The summed E-state index contributed by atoms with van der Waals surface area (Å²) in [7, 11) is 2.06.